The van der Waals surface area contributed by atoms with E-state index in [2.05, 4.69) is 51.4 Å². The fourth-order valence-corrected chi connectivity index (χ4v) is 2.44. The van der Waals surface area contributed by atoms with Gasteiger partial charge in [0, 0.05) is 0 Å². The largest absolute Gasteiger partial charge is 0.357 e. The molecule has 0 aromatic carbocycles. The summed E-state index contributed by atoms with van der Waals surface area (Å²) in [5.74, 6) is 6.63. The maximum Gasteiger partial charge on any atom is 0.126 e. The number of hydrogen-bond acceptors (Lipinski definition) is 2. The van der Waals surface area contributed by atoms with E-state index in [1.165, 1.54) is 6.42 Å². The average Bonchev–Trinajstić information content (AvgIpc) is 2.22. The lowest BCUT2D eigenvalue weighted by Crippen LogP contribution is -2.42. The third kappa shape index (κ3) is 4.69. The fraction of sp³-hybridized carbons (Fsp3) is 0.867. The minimum atomic E-state index is -0.241. The van der Waals surface area contributed by atoms with E-state index >= 15 is 0 Å². The van der Waals surface area contributed by atoms with Crippen molar-refractivity contribution in [3.05, 3.63) is 0 Å². The Morgan fingerprint density at radius 1 is 1.12 bits per heavy atom. The first-order chi connectivity index (χ1) is 7.91. The van der Waals surface area contributed by atoms with E-state index in [4.69, 9.17) is 4.74 Å². The molecule has 1 atom stereocenters. The normalized spacial score (nSPS) is 27.6. The second-order valence-electron chi connectivity index (χ2n) is 5.71. The van der Waals surface area contributed by atoms with Gasteiger partial charge in [0.2, 0.25) is 0 Å². The van der Waals surface area contributed by atoms with Gasteiger partial charge in [0.1, 0.15) is 5.60 Å². The van der Waals surface area contributed by atoms with Gasteiger partial charge in [0.15, 0.2) is 0 Å². The molecule has 0 amide bonds. The van der Waals surface area contributed by atoms with E-state index in [9.17, 15) is 0 Å². The summed E-state index contributed by atoms with van der Waals surface area (Å²) >= 11 is 0. The lowest BCUT2D eigenvalue weighted by Gasteiger charge is -2.40. The molecule has 2 heteroatoms. The molecule has 0 unspecified atom stereocenters. The molecule has 0 aromatic heterocycles. The van der Waals surface area contributed by atoms with Gasteiger partial charge in [-0.1, -0.05) is 25.7 Å². The molecular weight excluding hydrogens is 210 g/mol. The molecule has 0 bridgehead atoms. The van der Waals surface area contributed by atoms with Gasteiger partial charge in [-0.15, -0.1) is 0 Å². The molecular formula is C15H27NO. The number of ether oxygens (including phenoxy) is 1. The summed E-state index contributed by atoms with van der Waals surface area (Å²) in [5, 5.41) is 0. The van der Waals surface area contributed by atoms with Crippen LogP contribution in [0.4, 0.5) is 0 Å². The molecule has 0 aliphatic carbocycles. The first-order valence-corrected chi connectivity index (χ1v) is 6.83. The van der Waals surface area contributed by atoms with Gasteiger partial charge in [0.05, 0.1) is 12.1 Å². The highest BCUT2D eigenvalue weighted by Crippen LogP contribution is 2.34. The number of hydrogen-bond donors (Lipinski definition) is 0. The predicted octanol–water partition coefficient (Wildman–Crippen LogP) is 3.07. The zero-order valence-electron chi connectivity index (χ0n) is 12.1. The summed E-state index contributed by atoms with van der Waals surface area (Å²) in [5.41, 5.74) is -0.258. The van der Waals surface area contributed by atoms with Crippen LogP contribution >= 0.6 is 0 Å². The molecule has 0 aromatic rings. The van der Waals surface area contributed by atoms with E-state index in [0.29, 0.717) is 0 Å². The van der Waals surface area contributed by atoms with Gasteiger partial charge < -0.3 is 4.74 Å². The summed E-state index contributed by atoms with van der Waals surface area (Å²) in [6.45, 7) is 13.8. The summed E-state index contributed by atoms with van der Waals surface area (Å²) in [6, 6.07) is 0. The monoisotopic (exact) mass is 237 g/mol. The minimum absolute atomic E-state index is 0.0170. The second kappa shape index (κ2) is 5.89. The van der Waals surface area contributed by atoms with Gasteiger partial charge in [-0.25, -0.2) is 0 Å². The van der Waals surface area contributed by atoms with Crippen LogP contribution in [0.15, 0.2) is 0 Å². The molecule has 0 radical (unpaired) electrons. The van der Waals surface area contributed by atoms with Crippen molar-refractivity contribution in [3.63, 3.8) is 0 Å². The van der Waals surface area contributed by atoms with E-state index in [0.717, 1.165) is 32.5 Å². The summed E-state index contributed by atoms with van der Waals surface area (Å²) in [4.78, 5) is 2.32. The zero-order chi connectivity index (χ0) is 12.9. The molecule has 98 valence electrons. The van der Waals surface area contributed by atoms with Crippen molar-refractivity contribution in [2.75, 3.05) is 19.6 Å². The van der Waals surface area contributed by atoms with Gasteiger partial charge in [-0.05, 0) is 53.1 Å². The Labute approximate surface area is 107 Å². The lowest BCUT2D eigenvalue weighted by molar-refractivity contribution is -0.135. The molecule has 1 saturated heterocycles. The Kier molecular flexibility index (Phi) is 5.04. The topological polar surface area (TPSA) is 12.5 Å². The van der Waals surface area contributed by atoms with Crippen molar-refractivity contribution in [2.24, 2.45) is 0 Å². The highest BCUT2D eigenvalue weighted by Gasteiger charge is 2.35. The highest BCUT2D eigenvalue weighted by molar-refractivity contribution is 5.15. The molecule has 1 heterocycles. The van der Waals surface area contributed by atoms with Crippen LogP contribution < -0.4 is 0 Å². The molecule has 0 spiro atoms. The van der Waals surface area contributed by atoms with Crippen molar-refractivity contribution in [3.8, 4) is 11.8 Å². The van der Waals surface area contributed by atoms with Gasteiger partial charge in [-0.3, -0.25) is 4.90 Å². The molecule has 0 saturated carbocycles. The molecule has 17 heavy (non-hydrogen) atoms. The smallest absolute Gasteiger partial charge is 0.126 e. The first-order valence-electron chi connectivity index (χ1n) is 6.83. The Morgan fingerprint density at radius 2 is 1.76 bits per heavy atom. The quantitative estimate of drug-likeness (QED) is 0.699. The van der Waals surface area contributed by atoms with E-state index in [-0.39, 0.29) is 11.2 Å². The van der Waals surface area contributed by atoms with Crippen LogP contribution in [0.1, 0.15) is 53.9 Å². The van der Waals surface area contributed by atoms with E-state index in [1.54, 1.807) is 0 Å². The van der Waals surface area contributed by atoms with Crippen LogP contribution in [0.5, 0.6) is 0 Å². The minimum Gasteiger partial charge on any atom is -0.357 e. The Balaban J connectivity index is 2.57. The van der Waals surface area contributed by atoms with Crippen LogP contribution in [-0.2, 0) is 4.74 Å². The third-order valence-corrected chi connectivity index (χ3v) is 3.48. The predicted molar refractivity (Wildman–Crippen MR) is 73.0 cm³/mol. The van der Waals surface area contributed by atoms with Gasteiger partial charge >= 0.3 is 0 Å². The highest BCUT2D eigenvalue weighted by atomic mass is 16.5. The maximum absolute atomic E-state index is 6.12. The molecule has 1 aliphatic rings. The van der Waals surface area contributed by atoms with Crippen molar-refractivity contribution in [1.29, 1.82) is 0 Å². The molecule has 2 nitrogen and oxygen atoms in total. The van der Waals surface area contributed by atoms with Gasteiger partial charge in [-0.2, -0.15) is 0 Å². The number of nitrogens with zero attached hydrogens (tertiary/aromatic N) is 1. The van der Waals surface area contributed by atoms with Crippen LogP contribution in [0.25, 0.3) is 0 Å². The average molecular weight is 237 g/mol. The standard InChI is InChI=1S/C15H27NO/c1-6-16(7-2)13-9-12-15(5)11-8-10-14(3,4)17-15/h6-8,10-11,13H2,1-5H3/t15-/m1/s1. The molecule has 1 fully saturated rings. The van der Waals surface area contributed by atoms with Crippen molar-refractivity contribution in [2.45, 2.75) is 65.1 Å². The first kappa shape index (κ1) is 14.5. The Bertz CT molecular complexity index is 296. The van der Waals surface area contributed by atoms with Crippen LogP contribution in [0.3, 0.4) is 0 Å². The summed E-state index contributed by atoms with van der Waals surface area (Å²) in [7, 11) is 0. The molecule has 1 aliphatic heterocycles. The van der Waals surface area contributed by atoms with Crippen molar-refractivity contribution < 1.29 is 4.74 Å². The third-order valence-electron chi connectivity index (χ3n) is 3.48. The number of rotatable bonds is 3. The van der Waals surface area contributed by atoms with Crippen LogP contribution in [-0.4, -0.2) is 35.7 Å². The second-order valence-corrected chi connectivity index (χ2v) is 5.71. The van der Waals surface area contributed by atoms with Crippen LogP contribution in [0.2, 0.25) is 0 Å². The lowest BCUT2D eigenvalue weighted by atomic mass is 9.88. The van der Waals surface area contributed by atoms with E-state index in [1.807, 2.05) is 0 Å². The Morgan fingerprint density at radius 3 is 2.29 bits per heavy atom. The van der Waals surface area contributed by atoms with Crippen LogP contribution in [0, 0.1) is 11.8 Å². The zero-order valence-corrected chi connectivity index (χ0v) is 12.1. The summed E-state index contributed by atoms with van der Waals surface area (Å²) < 4.78 is 6.12. The Hall–Kier alpha value is -0.520. The van der Waals surface area contributed by atoms with Crippen molar-refractivity contribution >= 4 is 0 Å². The molecule has 1 rings (SSSR count). The SMILES string of the molecule is CCN(CC)CC#C[C@@]1(C)CCCC(C)(C)O1. The van der Waals surface area contributed by atoms with Gasteiger partial charge in [0.25, 0.3) is 0 Å². The van der Waals surface area contributed by atoms with E-state index < -0.39 is 0 Å². The molecule has 0 N–H and O–H groups in total. The van der Waals surface area contributed by atoms with Crippen molar-refractivity contribution in [1.82, 2.24) is 4.90 Å². The summed E-state index contributed by atoms with van der Waals surface area (Å²) in [6.07, 6.45) is 3.41. The maximum atomic E-state index is 6.12. The fourth-order valence-electron chi connectivity index (χ4n) is 2.44.